The van der Waals surface area contributed by atoms with E-state index < -0.39 is 10.0 Å². The van der Waals surface area contributed by atoms with Gasteiger partial charge in [-0.05, 0) is 0 Å². The summed E-state index contributed by atoms with van der Waals surface area (Å²) in [5.74, 6) is 1.85. The van der Waals surface area contributed by atoms with Crippen LogP contribution >= 0.6 is 11.8 Å². The smallest absolute Gasteiger partial charge is 0.209 e. The van der Waals surface area contributed by atoms with E-state index >= 15 is 0 Å². The van der Waals surface area contributed by atoms with Crippen molar-refractivity contribution in [3.05, 3.63) is 0 Å². The number of thioether (sulfide) groups is 1. The molecule has 0 amide bonds. The van der Waals surface area contributed by atoms with Crippen LogP contribution in [-0.2, 0) is 10.0 Å². The van der Waals surface area contributed by atoms with E-state index in [1.165, 1.54) is 6.26 Å². The van der Waals surface area contributed by atoms with Gasteiger partial charge in [0.2, 0.25) is 10.0 Å². The molecule has 1 aliphatic rings. The molecular weight excluding hydrogens is 158 g/mol. The fraction of sp³-hybridized carbons (Fsp3) is 1.00. The normalized spacial score (nSPS) is 21.4. The van der Waals surface area contributed by atoms with Crippen molar-refractivity contribution in [1.29, 1.82) is 0 Å². The molecule has 5 heteroatoms. The predicted molar refractivity (Wildman–Crippen MR) is 39.1 cm³/mol. The molecule has 0 aromatic carbocycles. The molecule has 1 rings (SSSR count). The summed E-state index contributed by atoms with van der Waals surface area (Å²) < 4.78 is 23.5. The first-order valence-electron chi connectivity index (χ1n) is 2.63. The van der Waals surface area contributed by atoms with Crippen molar-refractivity contribution in [2.45, 2.75) is 6.04 Å². The van der Waals surface area contributed by atoms with Gasteiger partial charge in [0, 0.05) is 17.5 Å². The minimum Gasteiger partial charge on any atom is -0.213 e. The van der Waals surface area contributed by atoms with Crippen molar-refractivity contribution in [2.75, 3.05) is 17.8 Å². The highest BCUT2D eigenvalue weighted by atomic mass is 32.2. The van der Waals surface area contributed by atoms with Crippen molar-refractivity contribution in [3.63, 3.8) is 0 Å². The third kappa shape index (κ3) is 2.55. The van der Waals surface area contributed by atoms with Gasteiger partial charge in [0.25, 0.3) is 0 Å². The van der Waals surface area contributed by atoms with E-state index in [2.05, 4.69) is 4.72 Å². The van der Waals surface area contributed by atoms with Gasteiger partial charge in [-0.1, -0.05) is 0 Å². The lowest BCUT2D eigenvalue weighted by atomic mass is 10.4. The van der Waals surface area contributed by atoms with Crippen LogP contribution in [0.3, 0.4) is 0 Å². The van der Waals surface area contributed by atoms with Gasteiger partial charge in [0.05, 0.1) is 6.26 Å². The Labute approximate surface area is 59.3 Å². The van der Waals surface area contributed by atoms with Crippen molar-refractivity contribution in [2.24, 2.45) is 0 Å². The zero-order chi connectivity index (χ0) is 6.91. The second-order valence-electron chi connectivity index (χ2n) is 2.12. The molecule has 0 spiro atoms. The maximum atomic E-state index is 10.5. The number of sulfonamides is 1. The minimum atomic E-state index is -2.95. The van der Waals surface area contributed by atoms with Gasteiger partial charge in [-0.3, -0.25) is 0 Å². The standard InChI is InChI=1S/C4H9NO2S2/c1-9(6,7)5-4-2-8-3-4/h4-5H,2-3H2,1H3. The molecule has 0 radical (unpaired) electrons. The van der Waals surface area contributed by atoms with Crippen LogP contribution in [0.15, 0.2) is 0 Å². The molecule has 0 unspecified atom stereocenters. The lowest BCUT2D eigenvalue weighted by Crippen LogP contribution is -2.43. The van der Waals surface area contributed by atoms with E-state index in [-0.39, 0.29) is 6.04 Å². The highest BCUT2D eigenvalue weighted by Gasteiger charge is 2.20. The molecule has 54 valence electrons. The summed E-state index contributed by atoms with van der Waals surface area (Å²) in [5.41, 5.74) is 0. The van der Waals surface area contributed by atoms with Crippen molar-refractivity contribution >= 4 is 21.8 Å². The first-order chi connectivity index (χ1) is 4.08. The molecule has 0 saturated carbocycles. The van der Waals surface area contributed by atoms with E-state index in [0.29, 0.717) is 0 Å². The van der Waals surface area contributed by atoms with Crippen LogP contribution in [-0.4, -0.2) is 32.2 Å². The lowest BCUT2D eigenvalue weighted by molar-refractivity contribution is 0.575. The van der Waals surface area contributed by atoms with Gasteiger partial charge >= 0.3 is 0 Å². The van der Waals surface area contributed by atoms with E-state index in [1.54, 1.807) is 11.8 Å². The Balaban J connectivity index is 2.33. The molecule has 0 bridgehead atoms. The van der Waals surface area contributed by atoms with Gasteiger partial charge in [-0.15, -0.1) is 0 Å². The molecule has 0 aromatic heterocycles. The molecule has 3 nitrogen and oxygen atoms in total. The molecule has 9 heavy (non-hydrogen) atoms. The van der Waals surface area contributed by atoms with Crippen LogP contribution in [0.1, 0.15) is 0 Å². The summed E-state index contributed by atoms with van der Waals surface area (Å²) in [5, 5.41) is 0. The summed E-state index contributed by atoms with van der Waals surface area (Å²) in [6.45, 7) is 0. The van der Waals surface area contributed by atoms with Gasteiger partial charge in [0.15, 0.2) is 0 Å². The SMILES string of the molecule is CS(=O)(=O)NC1CSC1. The summed E-state index contributed by atoms with van der Waals surface area (Å²) in [7, 11) is -2.95. The molecule has 0 aromatic rings. The number of hydrogen-bond acceptors (Lipinski definition) is 3. The fourth-order valence-corrected chi connectivity index (χ4v) is 2.23. The zero-order valence-electron chi connectivity index (χ0n) is 5.12. The Kier molecular flexibility index (Phi) is 2.03. The maximum Gasteiger partial charge on any atom is 0.209 e. The molecule has 1 saturated heterocycles. The molecule has 1 heterocycles. The van der Waals surface area contributed by atoms with E-state index in [9.17, 15) is 8.42 Å². The Hall–Kier alpha value is 0.260. The average molecular weight is 167 g/mol. The lowest BCUT2D eigenvalue weighted by Gasteiger charge is -2.24. The summed E-state index contributed by atoms with van der Waals surface area (Å²) >= 11 is 1.76. The largest absolute Gasteiger partial charge is 0.213 e. The summed E-state index contributed by atoms with van der Waals surface area (Å²) in [6, 6.07) is 0.199. The van der Waals surface area contributed by atoms with Gasteiger partial charge in [0.1, 0.15) is 0 Å². The summed E-state index contributed by atoms with van der Waals surface area (Å²) in [4.78, 5) is 0. The predicted octanol–water partition coefficient (Wildman–Crippen LogP) is -0.349. The second kappa shape index (κ2) is 2.48. The molecule has 1 N–H and O–H groups in total. The average Bonchev–Trinajstić information content (AvgIpc) is 1.53. The van der Waals surface area contributed by atoms with E-state index in [4.69, 9.17) is 0 Å². The Morgan fingerprint density at radius 3 is 2.22 bits per heavy atom. The highest BCUT2D eigenvalue weighted by Crippen LogP contribution is 2.17. The molecule has 0 atom stereocenters. The third-order valence-corrected chi connectivity index (χ3v) is 3.06. The topological polar surface area (TPSA) is 46.2 Å². The quantitative estimate of drug-likeness (QED) is 0.611. The highest BCUT2D eigenvalue weighted by molar-refractivity contribution is 8.00. The van der Waals surface area contributed by atoms with Crippen LogP contribution in [0.4, 0.5) is 0 Å². The fourth-order valence-electron chi connectivity index (χ4n) is 0.606. The van der Waals surface area contributed by atoms with E-state index in [1.807, 2.05) is 0 Å². The minimum absolute atomic E-state index is 0.199. The Morgan fingerprint density at radius 1 is 1.56 bits per heavy atom. The van der Waals surface area contributed by atoms with Crippen LogP contribution in [0.2, 0.25) is 0 Å². The van der Waals surface area contributed by atoms with Crippen molar-refractivity contribution < 1.29 is 8.42 Å². The van der Waals surface area contributed by atoms with Crippen LogP contribution in [0.25, 0.3) is 0 Å². The van der Waals surface area contributed by atoms with Crippen LogP contribution in [0, 0.1) is 0 Å². The third-order valence-electron chi connectivity index (χ3n) is 1.02. The number of rotatable bonds is 2. The van der Waals surface area contributed by atoms with Gasteiger partial charge in [-0.2, -0.15) is 11.8 Å². The monoisotopic (exact) mass is 167 g/mol. The molecule has 1 aliphatic heterocycles. The van der Waals surface area contributed by atoms with Crippen LogP contribution in [0.5, 0.6) is 0 Å². The molecule has 1 fully saturated rings. The van der Waals surface area contributed by atoms with Gasteiger partial charge < -0.3 is 0 Å². The van der Waals surface area contributed by atoms with E-state index in [0.717, 1.165) is 11.5 Å². The number of hydrogen-bond donors (Lipinski definition) is 1. The zero-order valence-corrected chi connectivity index (χ0v) is 6.76. The Morgan fingerprint density at radius 2 is 2.11 bits per heavy atom. The number of nitrogens with one attached hydrogen (secondary N) is 1. The first kappa shape index (κ1) is 7.37. The maximum absolute atomic E-state index is 10.5. The summed E-state index contributed by atoms with van der Waals surface area (Å²) in [6.07, 6.45) is 1.19. The molecule has 0 aliphatic carbocycles. The van der Waals surface area contributed by atoms with Gasteiger partial charge in [-0.25, -0.2) is 13.1 Å². The molecular formula is C4H9NO2S2. The first-order valence-corrected chi connectivity index (χ1v) is 5.67. The Bertz CT molecular complexity index is 183. The van der Waals surface area contributed by atoms with Crippen LogP contribution < -0.4 is 4.72 Å². The van der Waals surface area contributed by atoms with Crippen molar-refractivity contribution in [1.82, 2.24) is 4.72 Å². The second-order valence-corrected chi connectivity index (χ2v) is 4.98. The van der Waals surface area contributed by atoms with Crippen molar-refractivity contribution in [3.8, 4) is 0 Å².